The van der Waals surface area contributed by atoms with Crippen molar-refractivity contribution in [1.29, 1.82) is 0 Å². The Labute approximate surface area is 205 Å². The fourth-order valence-corrected chi connectivity index (χ4v) is 4.51. The summed E-state index contributed by atoms with van der Waals surface area (Å²) in [6, 6.07) is 9.61. The van der Waals surface area contributed by atoms with Crippen molar-refractivity contribution in [3.05, 3.63) is 65.9 Å². The highest BCUT2D eigenvalue weighted by Gasteiger charge is 2.37. The minimum atomic E-state index is -4.56. The molecule has 1 aliphatic rings. The predicted molar refractivity (Wildman–Crippen MR) is 128 cm³/mol. The van der Waals surface area contributed by atoms with Crippen molar-refractivity contribution in [1.82, 2.24) is 10.2 Å². The number of alkyl halides is 3. The topological polar surface area (TPSA) is 141 Å². The van der Waals surface area contributed by atoms with Gasteiger partial charge in [0.1, 0.15) is 11.9 Å². The Morgan fingerprint density at radius 1 is 1.00 bits per heavy atom. The number of hydrogen-bond donors (Lipinski definition) is 2. The van der Waals surface area contributed by atoms with Crippen LogP contribution >= 0.6 is 0 Å². The second-order valence-electron chi connectivity index (χ2n) is 8.37. The summed E-state index contributed by atoms with van der Waals surface area (Å²) < 4.78 is 69.3. The van der Waals surface area contributed by atoms with Crippen molar-refractivity contribution >= 4 is 27.4 Å². The minimum Gasteiger partial charge on any atom is -0.403 e. The molecular formula is C23H23F3N6O3S. The van der Waals surface area contributed by atoms with E-state index in [4.69, 9.17) is 15.9 Å². The molecule has 4 rings (SSSR count). The Hall–Kier alpha value is -3.71. The zero-order chi connectivity index (χ0) is 26.3. The van der Waals surface area contributed by atoms with Crippen molar-refractivity contribution in [3.63, 3.8) is 0 Å². The number of sulfone groups is 1. The largest absolute Gasteiger partial charge is 0.407 e. The van der Waals surface area contributed by atoms with Gasteiger partial charge in [0.25, 0.3) is 0 Å². The van der Waals surface area contributed by atoms with Gasteiger partial charge in [-0.05, 0) is 49.2 Å². The molecule has 0 amide bonds. The molecule has 0 saturated carbocycles. The van der Waals surface area contributed by atoms with Crippen molar-refractivity contribution < 1.29 is 26.0 Å². The monoisotopic (exact) mass is 520 g/mol. The SMILES string of the molecule is CC(C)S(=O)(=O)c1ccc(C2=CN=C(N)CN2c2nnc(-c3ccc(C(N)C(F)(F)F)cc3)o2)cc1. The molecule has 0 spiro atoms. The molecule has 9 nitrogen and oxygen atoms in total. The lowest BCUT2D eigenvalue weighted by atomic mass is 10.1. The first-order valence-corrected chi connectivity index (χ1v) is 12.3. The number of hydrogen-bond acceptors (Lipinski definition) is 9. The maximum Gasteiger partial charge on any atom is 0.407 e. The van der Waals surface area contributed by atoms with Gasteiger partial charge < -0.3 is 15.9 Å². The lowest BCUT2D eigenvalue weighted by molar-refractivity contribution is -0.149. The summed E-state index contributed by atoms with van der Waals surface area (Å²) >= 11 is 0. The van der Waals surface area contributed by atoms with Crippen LogP contribution in [0.15, 0.2) is 69.0 Å². The molecule has 190 valence electrons. The van der Waals surface area contributed by atoms with E-state index in [1.807, 2.05) is 0 Å². The molecule has 0 saturated heterocycles. The molecule has 3 aromatic rings. The first kappa shape index (κ1) is 25.4. The first-order valence-electron chi connectivity index (χ1n) is 10.8. The molecule has 0 radical (unpaired) electrons. The zero-order valence-electron chi connectivity index (χ0n) is 19.3. The van der Waals surface area contributed by atoms with Crippen molar-refractivity contribution in [3.8, 4) is 11.5 Å². The molecule has 13 heteroatoms. The standard InChI is InChI=1S/C23H23F3N6O3S/c1-13(2)36(33,34)17-9-7-14(8-10-17)18-11-29-19(27)12-32(18)22-31-30-21(35-22)16-5-3-15(4-6-16)20(28)23(24,25)26/h3-11,13,20H,12,28H2,1-2H3,(H2,27,29). The molecule has 0 aliphatic carbocycles. The number of anilines is 1. The number of halogens is 3. The molecule has 1 atom stereocenters. The Morgan fingerprint density at radius 3 is 2.19 bits per heavy atom. The van der Waals surface area contributed by atoms with E-state index in [1.54, 1.807) is 30.9 Å². The molecule has 0 bridgehead atoms. The minimum absolute atomic E-state index is 0.0732. The van der Waals surface area contributed by atoms with Crippen LogP contribution in [0.4, 0.5) is 19.2 Å². The van der Waals surface area contributed by atoms with Crippen molar-refractivity contribution in [2.75, 3.05) is 11.4 Å². The lowest BCUT2D eigenvalue weighted by Crippen LogP contribution is -2.35. The van der Waals surface area contributed by atoms with Gasteiger partial charge >= 0.3 is 12.2 Å². The predicted octanol–water partition coefficient (Wildman–Crippen LogP) is 3.66. The second-order valence-corrected chi connectivity index (χ2v) is 10.9. The lowest BCUT2D eigenvalue weighted by Gasteiger charge is -2.25. The number of aromatic nitrogens is 2. The number of aliphatic imine (C=N–C) groups is 1. The second kappa shape index (κ2) is 9.39. The van der Waals surface area contributed by atoms with Gasteiger partial charge in [0.15, 0.2) is 9.84 Å². The third-order valence-corrected chi connectivity index (χ3v) is 7.75. The Bertz CT molecular complexity index is 1410. The van der Waals surface area contributed by atoms with Crippen LogP contribution in [0.25, 0.3) is 17.2 Å². The summed E-state index contributed by atoms with van der Waals surface area (Å²) in [5.41, 5.74) is 12.6. The summed E-state index contributed by atoms with van der Waals surface area (Å²) in [5, 5.41) is 7.50. The third-order valence-electron chi connectivity index (χ3n) is 5.58. The van der Waals surface area contributed by atoms with E-state index >= 15 is 0 Å². The summed E-state index contributed by atoms with van der Waals surface area (Å²) in [6.45, 7) is 3.34. The van der Waals surface area contributed by atoms with E-state index in [1.165, 1.54) is 42.6 Å². The van der Waals surface area contributed by atoms with Gasteiger partial charge in [0.2, 0.25) is 5.89 Å². The highest BCUT2D eigenvalue weighted by atomic mass is 32.2. The third kappa shape index (κ3) is 4.97. The number of rotatable bonds is 6. The van der Waals surface area contributed by atoms with Gasteiger partial charge in [-0.15, -0.1) is 5.10 Å². The van der Waals surface area contributed by atoms with Crippen LogP contribution in [-0.4, -0.2) is 42.4 Å². The maximum absolute atomic E-state index is 12.9. The van der Waals surface area contributed by atoms with Crippen molar-refractivity contribution in [2.45, 2.75) is 36.2 Å². The summed E-state index contributed by atoms with van der Waals surface area (Å²) in [4.78, 5) is 5.96. The van der Waals surface area contributed by atoms with E-state index in [0.717, 1.165) is 0 Å². The average molecular weight is 521 g/mol. The first-order chi connectivity index (χ1) is 16.9. The molecule has 2 aromatic carbocycles. The highest BCUT2D eigenvalue weighted by molar-refractivity contribution is 7.92. The quantitative estimate of drug-likeness (QED) is 0.502. The Balaban J connectivity index is 1.61. The fourth-order valence-electron chi connectivity index (χ4n) is 3.45. The van der Waals surface area contributed by atoms with E-state index in [-0.39, 0.29) is 34.7 Å². The highest BCUT2D eigenvalue weighted by Crippen LogP contribution is 2.33. The van der Waals surface area contributed by atoms with E-state index < -0.39 is 27.3 Å². The summed E-state index contributed by atoms with van der Waals surface area (Å²) in [7, 11) is -3.43. The Morgan fingerprint density at radius 2 is 1.61 bits per heavy atom. The Kier molecular flexibility index (Phi) is 6.62. The molecule has 36 heavy (non-hydrogen) atoms. The summed E-state index contributed by atoms with van der Waals surface area (Å²) in [5.74, 6) is 0.360. The molecule has 1 aromatic heterocycles. The van der Waals surface area contributed by atoms with E-state index in [9.17, 15) is 21.6 Å². The smallest absolute Gasteiger partial charge is 0.403 e. The number of nitrogens with two attached hydrogens (primary N) is 2. The van der Waals surface area contributed by atoms with E-state index in [0.29, 0.717) is 16.8 Å². The average Bonchev–Trinajstić information content (AvgIpc) is 3.33. The normalized spacial score (nSPS) is 15.6. The van der Waals surface area contributed by atoms with Crippen LogP contribution in [0.3, 0.4) is 0 Å². The van der Waals surface area contributed by atoms with Crippen LogP contribution in [-0.2, 0) is 9.84 Å². The van der Waals surface area contributed by atoms with Gasteiger partial charge in [-0.1, -0.05) is 29.4 Å². The molecule has 1 aliphatic heterocycles. The molecule has 4 N–H and O–H groups in total. The van der Waals surface area contributed by atoms with Gasteiger partial charge in [-0.2, -0.15) is 13.2 Å². The van der Waals surface area contributed by atoms with E-state index in [2.05, 4.69) is 15.2 Å². The van der Waals surface area contributed by atoms with Crippen LogP contribution in [0.2, 0.25) is 0 Å². The van der Waals surface area contributed by atoms with Gasteiger partial charge in [0.05, 0.1) is 28.6 Å². The molecule has 2 heterocycles. The zero-order valence-corrected chi connectivity index (χ0v) is 20.1. The summed E-state index contributed by atoms with van der Waals surface area (Å²) in [6.07, 6.45) is -3.06. The number of amidine groups is 1. The van der Waals surface area contributed by atoms with Crippen LogP contribution in [0, 0.1) is 0 Å². The molecule has 0 fully saturated rings. The fraction of sp³-hybridized carbons (Fsp3) is 0.261. The van der Waals surface area contributed by atoms with Crippen LogP contribution in [0.5, 0.6) is 0 Å². The maximum atomic E-state index is 12.9. The van der Waals surface area contributed by atoms with Gasteiger partial charge in [-0.25, -0.2) is 13.4 Å². The number of nitrogens with zero attached hydrogens (tertiary/aromatic N) is 4. The molecule has 1 unspecified atom stereocenters. The van der Waals surface area contributed by atoms with Gasteiger partial charge in [-0.3, -0.25) is 4.90 Å². The molecular weight excluding hydrogens is 497 g/mol. The van der Waals surface area contributed by atoms with Crippen molar-refractivity contribution in [2.24, 2.45) is 16.5 Å². The number of benzene rings is 2. The van der Waals surface area contributed by atoms with Gasteiger partial charge in [0, 0.05) is 5.56 Å². The van der Waals surface area contributed by atoms with Crippen LogP contribution in [0.1, 0.15) is 31.0 Å². The van der Waals surface area contributed by atoms with Crippen LogP contribution < -0.4 is 16.4 Å².